The Morgan fingerprint density at radius 1 is 1.05 bits per heavy atom. The van der Waals surface area contributed by atoms with Crippen LogP contribution in [0.15, 0.2) is 24.3 Å². The van der Waals surface area contributed by atoms with Gasteiger partial charge in [0, 0.05) is 26.3 Å². The molecule has 1 heterocycles. The molecule has 106 valence electrons. The van der Waals surface area contributed by atoms with Crippen molar-refractivity contribution in [3.05, 3.63) is 29.8 Å². The largest absolute Gasteiger partial charge is 0.354 e. The quantitative estimate of drug-likeness (QED) is 0.871. The Bertz CT molecular complexity index is 582. The van der Waals surface area contributed by atoms with Gasteiger partial charge in [0.15, 0.2) is 0 Å². The van der Waals surface area contributed by atoms with E-state index in [1.54, 1.807) is 0 Å². The Kier molecular flexibility index (Phi) is 4.34. The second-order valence-corrected chi connectivity index (χ2v) is 4.65. The number of nitrogens with one attached hydrogen (secondary N) is 2. The predicted octanol–water partition coefficient (Wildman–Crippen LogP) is 2.42. The average Bonchev–Trinajstić information content (AvgIpc) is 2.41. The molecule has 2 N–H and O–H groups in total. The molecule has 0 fully saturated rings. The first kappa shape index (κ1) is 14.0. The van der Waals surface area contributed by atoms with Crippen LogP contribution in [-0.4, -0.2) is 35.6 Å². The smallest absolute Gasteiger partial charge is 0.233 e. The van der Waals surface area contributed by atoms with Crippen LogP contribution in [0.25, 0.3) is 0 Å². The van der Waals surface area contributed by atoms with E-state index in [9.17, 15) is 0 Å². The van der Waals surface area contributed by atoms with Crippen LogP contribution in [0.5, 0.6) is 0 Å². The molecule has 20 heavy (non-hydrogen) atoms. The fourth-order valence-electron chi connectivity index (χ4n) is 1.69. The summed E-state index contributed by atoms with van der Waals surface area (Å²) in [5.74, 6) is 1.73. The average molecular weight is 272 g/mol. The van der Waals surface area contributed by atoms with Gasteiger partial charge in [0.2, 0.25) is 17.8 Å². The van der Waals surface area contributed by atoms with Crippen molar-refractivity contribution < 1.29 is 0 Å². The monoisotopic (exact) mass is 272 g/mol. The summed E-state index contributed by atoms with van der Waals surface area (Å²) in [6, 6.07) is 8.03. The van der Waals surface area contributed by atoms with Gasteiger partial charge >= 0.3 is 0 Å². The lowest BCUT2D eigenvalue weighted by molar-refractivity contribution is 0.953. The third kappa shape index (κ3) is 3.34. The standard InChI is InChI=1S/C14H20N6/c1-5-15-12-17-13(19-14(18-12)20(3)4)16-11-9-7-6-8-10(11)2/h6-9H,5H2,1-4H3,(H2,15,16,17,18,19). The number of rotatable bonds is 5. The van der Waals surface area contributed by atoms with Crippen LogP contribution in [0.2, 0.25) is 0 Å². The van der Waals surface area contributed by atoms with E-state index in [-0.39, 0.29) is 0 Å². The summed E-state index contributed by atoms with van der Waals surface area (Å²) < 4.78 is 0. The minimum atomic E-state index is 0.536. The van der Waals surface area contributed by atoms with Crippen molar-refractivity contribution in [2.45, 2.75) is 13.8 Å². The van der Waals surface area contributed by atoms with Gasteiger partial charge in [-0.3, -0.25) is 0 Å². The van der Waals surface area contributed by atoms with Gasteiger partial charge in [0.25, 0.3) is 0 Å². The van der Waals surface area contributed by atoms with Gasteiger partial charge in [-0.1, -0.05) is 18.2 Å². The second-order valence-electron chi connectivity index (χ2n) is 4.65. The van der Waals surface area contributed by atoms with E-state index in [2.05, 4.69) is 25.6 Å². The fourth-order valence-corrected chi connectivity index (χ4v) is 1.69. The normalized spacial score (nSPS) is 10.2. The lowest BCUT2D eigenvalue weighted by atomic mass is 10.2. The Morgan fingerprint density at radius 3 is 2.40 bits per heavy atom. The SMILES string of the molecule is CCNc1nc(Nc2ccccc2C)nc(N(C)C)n1. The number of anilines is 4. The second kappa shape index (κ2) is 6.18. The third-order valence-corrected chi connectivity index (χ3v) is 2.75. The topological polar surface area (TPSA) is 66.0 Å². The molecule has 0 bridgehead atoms. The van der Waals surface area contributed by atoms with E-state index < -0.39 is 0 Å². The minimum absolute atomic E-state index is 0.536. The molecular weight excluding hydrogens is 252 g/mol. The zero-order valence-corrected chi connectivity index (χ0v) is 12.3. The molecule has 2 rings (SSSR count). The van der Waals surface area contributed by atoms with Gasteiger partial charge < -0.3 is 15.5 Å². The predicted molar refractivity (Wildman–Crippen MR) is 82.8 cm³/mol. The molecule has 1 aromatic heterocycles. The highest BCUT2D eigenvalue weighted by Gasteiger charge is 2.08. The van der Waals surface area contributed by atoms with Crippen molar-refractivity contribution in [1.29, 1.82) is 0 Å². The van der Waals surface area contributed by atoms with Crippen molar-refractivity contribution in [3.8, 4) is 0 Å². The van der Waals surface area contributed by atoms with Gasteiger partial charge in [-0.25, -0.2) is 0 Å². The Labute approximate surface area is 119 Å². The van der Waals surface area contributed by atoms with E-state index in [0.29, 0.717) is 17.8 Å². The van der Waals surface area contributed by atoms with Gasteiger partial charge in [0.1, 0.15) is 0 Å². The fraction of sp³-hybridized carbons (Fsp3) is 0.357. The lowest BCUT2D eigenvalue weighted by Crippen LogP contribution is -2.16. The van der Waals surface area contributed by atoms with Gasteiger partial charge in [0.05, 0.1) is 0 Å². The molecule has 0 radical (unpaired) electrons. The molecule has 0 atom stereocenters. The lowest BCUT2D eigenvalue weighted by Gasteiger charge is -2.14. The number of aromatic nitrogens is 3. The molecule has 0 amide bonds. The number of benzene rings is 1. The molecule has 6 heteroatoms. The molecule has 0 aliphatic rings. The zero-order chi connectivity index (χ0) is 14.5. The zero-order valence-electron chi connectivity index (χ0n) is 12.3. The minimum Gasteiger partial charge on any atom is -0.354 e. The summed E-state index contributed by atoms with van der Waals surface area (Å²) in [6.07, 6.45) is 0. The molecule has 0 saturated carbocycles. The number of hydrogen-bond acceptors (Lipinski definition) is 6. The summed E-state index contributed by atoms with van der Waals surface area (Å²) in [5, 5.41) is 6.35. The molecule has 0 unspecified atom stereocenters. The summed E-state index contributed by atoms with van der Waals surface area (Å²) in [7, 11) is 3.81. The molecule has 6 nitrogen and oxygen atoms in total. The van der Waals surface area contributed by atoms with Crippen molar-refractivity contribution in [1.82, 2.24) is 15.0 Å². The third-order valence-electron chi connectivity index (χ3n) is 2.75. The highest BCUT2D eigenvalue weighted by molar-refractivity contribution is 5.59. The molecule has 0 saturated heterocycles. The first-order valence-electron chi connectivity index (χ1n) is 6.60. The number of hydrogen-bond donors (Lipinski definition) is 2. The molecule has 0 spiro atoms. The van der Waals surface area contributed by atoms with Crippen molar-refractivity contribution in [2.24, 2.45) is 0 Å². The molecule has 2 aromatic rings. The maximum absolute atomic E-state index is 4.40. The Morgan fingerprint density at radius 2 is 1.75 bits per heavy atom. The molecule has 1 aromatic carbocycles. The first-order valence-corrected chi connectivity index (χ1v) is 6.60. The summed E-state index contributed by atoms with van der Waals surface area (Å²) in [4.78, 5) is 15.0. The van der Waals surface area contributed by atoms with Crippen molar-refractivity contribution in [3.63, 3.8) is 0 Å². The number of para-hydroxylation sites is 1. The highest BCUT2D eigenvalue weighted by atomic mass is 15.3. The van der Waals surface area contributed by atoms with Crippen molar-refractivity contribution >= 4 is 23.5 Å². The van der Waals surface area contributed by atoms with Gasteiger partial charge in [-0.15, -0.1) is 0 Å². The van der Waals surface area contributed by atoms with Crippen LogP contribution in [0.1, 0.15) is 12.5 Å². The first-order chi connectivity index (χ1) is 9.60. The van der Waals surface area contributed by atoms with Crippen LogP contribution in [0.3, 0.4) is 0 Å². The van der Waals surface area contributed by atoms with Crippen LogP contribution >= 0.6 is 0 Å². The summed E-state index contributed by atoms with van der Waals surface area (Å²) >= 11 is 0. The Balaban J connectivity index is 2.33. The molecule has 0 aliphatic carbocycles. The van der Waals surface area contributed by atoms with Gasteiger partial charge in [-0.05, 0) is 25.5 Å². The Hall–Kier alpha value is -2.37. The van der Waals surface area contributed by atoms with Crippen LogP contribution < -0.4 is 15.5 Å². The van der Waals surface area contributed by atoms with Crippen LogP contribution in [-0.2, 0) is 0 Å². The maximum atomic E-state index is 4.40. The number of nitrogens with zero attached hydrogens (tertiary/aromatic N) is 4. The van der Waals surface area contributed by atoms with E-state index in [1.807, 2.05) is 57.1 Å². The van der Waals surface area contributed by atoms with E-state index in [0.717, 1.165) is 17.8 Å². The number of aryl methyl sites for hydroxylation is 1. The van der Waals surface area contributed by atoms with E-state index in [4.69, 9.17) is 0 Å². The maximum Gasteiger partial charge on any atom is 0.233 e. The van der Waals surface area contributed by atoms with Crippen LogP contribution in [0.4, 0.5) is 23.5 Å². The van der Waals surface area contributed by atoms with E-state index >= 15 is 0 Å². The molecule has 0 aliphatic heterocycles. The van der Waals surface area contributed by atoms with Crippen molar-refractivity contribution in [2.75, 3.05) is 36.2 Å². The summed E-state index contributed by atoms with van der Waals surface area (Å²) in [6.45, 7) is 4.82. The molecular formula is C14H20N6. The van der Waals surface area contributed by atoms with Crippen LogP contribution in [0, 0.1) is 6.92 Å². The van der Waals surface area contributed by atoms with E-state index in [1.165, 1.54) is 0 Å². The van der Waals surface area contributed by atoms with Gasteiger partial charge in [-0.2, -0.15) is 15.0 Å². The summed E-state index contributed by atoms with van der Waals surface area (Å²) in [5.41, 5.74) is 2.13. The highest BCUT2D eigenvalue weighted by Crippen LogP contribution is 2.19.